The number of hydrogen-bond acceptors (Lipinski definition) is 4. The molecule has 0 saturated heterocycles. The van der Waals surface area contributed by atoms with Gasteiger partial charge < -0.3 is 5.73 Å². The maximum Gasteiger partial charge on any atom is 0.114 e. The molecule has 0 aliphatic carbocycles. The molecule has 0 aliphatic rings. The third kappa shape index (κ3) is 2.29. The van der Waals surface area contributed by atoms with Crippen LogP contribution < -0.4 is 5.73 Å². The monoisotopic (exact) mass is 345 g/mol. The zero-order valence-corrected chi connectivity index (χ0v) is 13.6. The second kappa shape index (κ2) is 5.44. The molecule has 0 aliphatic heterocycles. The summed E-state index contributed by atoms with van der Waals surface area (Å²) in [6.07, 6.45) is 5.18. The van der Waals surface area contributed by atoms with E-state index in [-0.39, 0.29) is 0 Å². The first-order valence-electron chi connectivity index (χ1n) is 6.92. The van der Waals surface area contributed by atoms with E-state index in [0.29, 0.717) is 0 Å². The zero-order chi connectivity index (χ0) is 15.0. The van der Waals surface area contributed by atoms with Gasteiger partial charge in [0.1, 0.15) is 5.52 Å². The van der Waals surface area contributed by atoms with E-state index in [1.54, 1.807) is 12.4 Å². The number of aromatic nitrogens is 4. The highest BCUT2D eigenvalue weighted by molar-refractivity contribution is 9.10. The molecule has 0 radical (unpaired) electrons. The molecule has 0 fully saturated rings. The van der Waals surface area contributed by atoms with Crippen molar-refractivity contribution in [1.82, 2.24) is 19.7 Å². The number of rotatable bonds is 3. The van der Waals surface area contributed by atoms with Crippen molar-refractivity contribution in [2.45, 2.75) is 26.7 Å². The van der Waals surface area contributed by atoms with Crippen molar-refractivity contribution in [2.75, 3.05) is 5.73 Å². The van der Waals surface area contributed by atoms with E-state index in [4.69, 9.17) is 5.73 Å². The molecule has 0 aromatic carbocycles. The molecular weight excluding hydrogens is 330 g/mol. The van der Waals surface area contributed by atoms with Crippen LogP contribution >= 0.6 is 15.9 Å². The summed E-state index contributed by atoms with van der Waals surface area (Å²) in [6, 6.07) is 3.87. The number of anilines is 1. The quantitative estimate of drug-likeness (QED) is 0.790. The molecule has 108 valence electrons. The molecule has 3 aromatic heterocycles. The SMILES string of the molecule is CCc1nn(-c2ccnc3cc(Br)cnc23)c(CC)c1N. The molecule has 3 heterocycles. The molecule has 0 saturated carbocycles. The van der Waals surface area contributed by atoms with Crippen LogP contribution in [-0.2, 0) is 12.8 Å². The summed E-state index contributed by atoms with van der Waals surface area (Å²) < 4.78 is 2.81. The highest BCUT2D eigenvalue weighted by Crippen LogP contribution is 2.26. The summed E-state index contributed by atoms with van der Waals surface area (Å²) in [5.41, 5.74) is 11.5. The first-order valence-corrected chi connectivity index (χ1v) is 7.71. The molecule has 0 spiro atoms. The predicted octanol–water partition coefficient (Wildman–Crippen LogP) is 3.29. The van der Waals surface area contributed by atoms with Crippen molar-refractivity contribution in [1.29, 1.82) is 0 Å². The van der Waals surface area contributed by atoms with Crippen molar-refractivity contribution < 1.29 is 0 Å². The summed E-state index contributed by atoms with van der Waals surface area (Å²) in [4.78, 5) is 8.85. The van der Waals surface area contributed by atoms with Crippen LogP contribution in [0.4, 0.5) is 5.69 Å². The molecular formula is C15H16BrN5. The molecule has 5 nitrogen and oxygen atoms in total. The standard InChI is InChI=1S/C15H16BrN5/c1-3-10-14(17)12(4-2)21(20-10)13-5-6-18-11-7-9(16)8-19-15(11)13/h5-8H,3-4,17H2,1-2H3. The lowest BCUT2D eigenvalue weighted by Crippen LogP contribution is -2.04. The maximum atomic E-state index is 6.20. The second-order valence-corrected chi connectivity index (χ2v) is 5.69. The van der Waals surface area contributed by atoms with Gasteiger partial charge in [-0.15, -0.1) is 0 Å². The summed E-state index contributed by atoms with van der Waals surface area (Å²) in [7, 11) is 0. The molecule has 0 bridgehead atoms. The Morgan fingerprint density at radius 3 is 2.76 bits per heavy atom. The fourth-order valence-electron chi connectivity index (χ4n) is 2.48. The first-order chi connectivity index (χ1) is 10.2. The van der Waals surface area contributed by atoms with Crippen LogP contribution in [0.2, 0.25) is 0 Å². The second-order valence-electron chi connectivity index (χ2n) is 4.78. The minimum absolute atomic E-state index is 0.780. The zero-order valence-electron chi connectivity index (χ0n) is 12.0. The Balaban J connectivity index is 2.30. The number of fused-ring (bicyclic) bond motifs is 1. The Kier molecular flexibility index (Phi) is 3.63. The Morgan fingerprint density at radius 1 is 1.24 bits per heavy atom. The number of aryl methyl sites for hydroxylation is 1. The van der Waals surface area contributed by atoms with Gasteiger partial charge in [-0.05, 0) is 40.9 Å². The van der Waals surface area contributed by atoms with Crippen LogP contribution in [0.3, 0.4) is 0 Å². The van der Waals surface area contributed by atoms with Crippen LogP contribution in [0.1, 0.15) is 25.2 Å². The molecule has 0 atom stereocenters. The number of nitrogens with two attached hydrogens (primary N) is 1. The van der Waals surface area contributed by atoms with Crippen LogP contribution in [0.15, 0.2) is 29.0 Å². The van der Waals surface area contributed by atoms with E-state index in [0.717, 1.165) is 51.1 Å². The molecule has 3 aromatic rings. The van der Waals surface area contributed by atoms with Crippen molar-refractivity contribution >= 4 is 32.7 Å². The largest absolute Gasteiger partial charge is 0.396 e. The van der Waals surface area contributed by atoms with Gasteiger partial charge in [-0.25, -0.2) is 4.68 Å². The lowest BCUT2D eigenvalue weighted by Gasteiger charge is -2.09. The molecule has 2 N–H and O–H groups in total. The fraction of sp³-hybridized carbons (Fsp3) is 0.267. The minimum Gasteiger partial charge on any atom is -0.396 e. The van der Waals surface area contributed by atoms with Crippen molar-refractivity contribution in [3.05, 3.63) is 40.4 Å². The summed E-state index contributed by atoms with van der Waals surface area (Å²) in [6.45, 7) is 4.14. The van der Waals surface area contributed by atoms with Gasteiger partial charge in [-0.3, -0.25) is 9.97 Å². The normalized spacial score (nSPS) is 11.2. The number of pyridine rings is 2. The highest BCUT2D eigenvalue weighted by atomic mass is 79.9. The van der Waals surface area contributed by atoms with Gasteiger partial charge in [0.05, 0.1) is 28.3 Å². The van der Waals surface area contributed by atoms with Crippen LogP contribution in [-0.4, -0.2) is 19.7 Å². The topological polar surface area (TPSA) is 69.6 Å². The van der Waals surface area contributed by atoms with E-state index in [2.05, 4.69) is 44.8 Å². The van der Waals surface area contributed by atoms with Gasteiger partial charge in [0.15, 0.2) is 0 Å². The summed E-state index contributed by atoms with van der Waals surface area (Å²) in [5.74, 6) is 0. The van der Waals surface area contributed by atoms with Crippen LogP contribution in [0.5, 0.6) is 0 Å². The van der Waals surface area contributed by atoms with Gasteiger partial charge >= 0.3 is 0 Å². The Bertz CT molecular complexity index is 809. The third-order valence-corrected chi connectivity index (χ3v) is 3.95. The van der Waals surface area contributed by atoms with Gasteiger partial charge in [0.2, 0.25) is 0 Å². The Morgan fingerprint density at radius 2 is 2.05 bits per heavy atom. The Labute approximate surface area is 131 Å². The van der Waals surface area contributed by atoms with E-state index in [1.807, 2.05) is 16.8 Å². The summed E-state index contributed by atoms with van der Waals surface area (Å²) in [5, 5.41) is 4.65. The van der Waals surface area contributed by atoms with E-state index in [1.165, 1.54) is 0 Å². The van der Waals surface area contributed by atoms with Crippen LogP contribution in [0, 0.1) is 0 Å². The number of hydrogen-bond donors (Lipinski definition) is 1. The van der Waals surface area contributed by atoms with Crippen LogP contribution in [0.25, 0.3) is 16.7 Å². The van der Waals surface area contributed by atoms with Gasteiger partial charge in [-0.2, -0.15) is 5.10 Å². The smallest absolute Gasteiger partial charge is 0.114 e. The lowest BCUT2D eigenvalue weighted by molar-refractivity contribution is 0.797. The molecule has 0 amide bonds. The van der Waals surface area contributed by atoms with Gasteiger partial charge in [-0.1, -0.05) is 13.8 Å². The average molecular weight is 346 g/mol. The third-order valence-electron chi connectivity index (χ3n) is 3.52. The van der Waals surface area contributed by atoms with E-state index < -0.39 is 0 Å². The average Bonchev–Trinajstić information content (AvgIpc) is 2.82. The molecule has 3 rings (SSSR count). The number of nitrogens with zero attached hydrogens (tertiary/aromatic N) is 4. The van der Waals surface area contributed by atoms with Crippen molar-refractivity contribution in [3.63, 3.8) is 0 Å². The molecule has 21 heavy (non-hydrogen) atoms. The minimum atomic E-state index is 0.780. The van der Waals surface area contributed by atoms with Crippen molar-refractivity contribution in [2.24, 2.45) is 0 Å². The van der Waals surface area contributed by atoms with E-state index in [9.17, 15) is 0 Å². The predicted molar refractivity (Wildman–Crippen MR) is 87.5 cm³/mol. The van der Waals surface area contributed by atoms with Gasteiger partial charge in [0.25, 0.3) is 0 Å². The first kappa shape index (κ1) is 14.0. The number of nitrogen functional groups attached to an aromatic ring is 1. The van der Waals surface area contributed by atoms with Crippen molar-refractivity contribution in [3.8, 4) is 5.69 Å². The summed E-state index contributed by atoms with van der Waals surface area (Å²) >= 11 is 3.42. The molecule has 6 heteroatoms. The lowest BCUT2D eigenvalue weighted by atomic mass is 10.2. The maximum absolute atomic E-state index is 6.20. The molecule has 0 unspecified atom stereocenters. The number of halogens is 1. The highest BCUT2D eigenvalue weighted by Gasteiger charge is 2.16. The Hall–Kier alpha value is -1.95. The fourth-order valence-corrected chi connectivity index (χ4v) is 2.80. The van der Waals surface area contributed by atoms with E-state index >= 15 is 0 Å². The van der Waals surface area contributed by atoms with Gasteiger partial charge in [0, 0.05) is 16.9 Å².